The molecule has 0 spiro atoms. The highest BCUT2D eigenvalue weighted by Gasteiger charge is 2.10. The Hall–Kier alpha value is -2.96. The van der Waals surface area contributed by atoms with Gasteiger partial charge in [-0.25, -0.2) is 4.39 Å². The Morgan fingerprint density at radius 3 is 2.44 bits per heavy atom. The molecule has 0 aliphatic carbocycles. The van der Waals surface area contributed by atoms with E-state index in [9.17, 15) is 4.39 Å². The molecule has 0 radical (unpaired) electrons. The molecule has 0 bridgehead atoms. The molecule has 0 aliphatic rings. The number of aliphatic imine (C=N–C) groups is 1. The lowest BCUT2D eigenvalue weighted by Crippen LogP contribution is -2.41. The lowest BCUT2D eigenvalue weighted by atomic mass is 10.2. The van der Waals surface area contributed by atoms with E-state index in [1.807, 2.05) is 25.1 Å². The number of ether oxygens (including phenoxy) is 3. The number of hydrogen-bond donors (Lipinski definition) is 2. The van der Waals surface area contributed by atoms with E-state index in [1.165, 1.54) is 12.1 Å². The van der Waals surface area contributed by atoms with Gasteiger partial charge < -0.3 is 24.8 Å². The van der Waals surface area contributed by atoms with Crippen LogP contribution in [0.3, 0.4) is 0 Å². The third-order valence-electron chi connectivity index (χ3n) is 3.86. The van der Waals surface area contributed by atoms with Gasteiger partial charge in [0.1, 0.15) is 17.7 Å². The first-order valence-corrected chi connectivity index (χ1v) is 8.64. The molecule has 0 aliphatic heterocycles. The summed E-state index contributed by atoms with van der Waals surface area (Å²) in [6, 6.07) is 11.7. The number of halogens is 1. The summed E-state index contributed by atoms with van der Waals surface area (Å²) in [5.74, 6) is 2.34. The van der Waals surface area contributed by atoms with E-state index in [-0.39, 0.29) is 11.9 Å². The van der Waals surface area contributed by atoms with Gasteiger partial charge in [-0.05, 0) is 37.3 Å². The zero-order chi connectivity index (χ0) is 19.6. The van der Waals surface area contributed by atoms with E-state index < -0.39 is 0 Å². The largest absolute Gasteiger partial charge is 0.493 e. The van der Waals surface area contributed by atoms with Crippen LogP contribution in [0.4, 0.5) is 4.39 Å². The highest BCUT2D eigenvalue weighted by atomic mass is 19.1. The van der Waals surface area contributed by atoms with Gasteiger partial charge in [-0.3, -0.25) is 4.99 Å². The molecular weight excluding hydrogens is 349 g/mol. The fraction of sp³-hybridized carbons (Fsp3) is 0.350. The summed E-state index contributed by atoms with van der Waals surface area (Å²) in [4.78, 5) is 4.21. The number of methoxy groups -OCH3 is 2. The van der Waals surface area contributed by atoms with Crippen molar-refractivity contribution in [2.75, 3.05) is 27.8 Å². The monoisotopic (exact) mass is 375 g/mol. The van der Waals surface area contributed by atoms with Gasteiger partial charge in [0, 0.05) is 19.2 Å². The number of nitrogens with one attached hydrogen (secondary N) is 2. The first kappa shape index (κ1) is 20.4. The Morgan fingerprint density at radius 2 is 1.81 bits per heavy atom. The molecule has 0 heterocycles. The van der Waals surface area contributed by atoms with Crippen molar-refractivity contribution >= 4 is 5.96 Å². The average molecular weight is 375 g/mol. The Morgan fingerprint density at radius 1 is 1.07 bits per heavy atom. The van der Waals surface area contributed by atoms with Crippen LogP contribution < -0.4 is 24.8 Å². The van der Waals surface area contributed by atoms with Crippen molar-refractivity contribution in [2.24, 2.45) is 4.99 Å². The van der Waals surface area contributed by atoms with Crippen molar-refractivity contribution in [1.29, 1.82) is 0 Å². The fourth-order valence-electron chi connectivity index (χ4n) is 2.52. The van der Waals surface area contributed by atoms with Crippen LogP contribution in [0.1, 0.15) is 12.5 Å². The minimum atomic E-state index is -0.286. The molecule has 7 heteroatoms. The summed E-state index contributed by atoms with van der Waals surface area (Å²) in [6.45, 7) is 2.98. The lowest BCUT2D eigenvalue weighted by molar-refractivity contribution is 0.223. The van der Waals surface area contributed by atoms with Gasteiger partial charge >= 0.3 is 0 Å². The second-order valence-corrected chi connectivity index (χ2v) is 5.84. The molecule has 1 atom stereocenters. The maximum atomic E-state index is 12.9. The third-order valence-corrected chi connectivity index (χ3v) is 3.86. The first-order valence-electron chi connectivity index (χ1n) is 8.64. The van der Waals surface area contributed by atoms with Gasteiger partial charge in [0.25, 0.3) is 0 Å². The predicted molar refractivity (Wildman–Crippen MR) is 104 cm³/mol. The predicted octanol–water partition coefficient (Wildman–Crippen LogP) is 2.98. The third kappa shape index (κ3) is 6.06. The van der Waals surface area contributed by atoms with Gasteiger partial charge in [0.2, 0.25) is 0 Å². The number of guanidine groups is 1. The number of benzene rings is 2. The smallest absolute Gasteiger partial charge is 0.191 e. The Bertz CT molecular complexity index is 751. The van der Waals surface area contributed by atoms with Crippen LogP contribution in [0.2, 0.25) is 0 Å². The molecule has 0 fully saturated rings. The van der Waals surface area contributed by atoms with Gasteiger partial charge in [-0.15, -0.1) is 0 Å². The van der Waals surface area contributed by atoms with E-state index in [4.69, 9.17) is 14.2 Å². The first-order chi connectivity index (χ1) is 13.1. The van der Waals surface area contributed by atoms with E-state index in [2.05, 4.69) is 15.6 Å². The minimum Gasteiger partial charge on any atom is -0.493 e. The van der Waals surface area contributed by atoms with Crippen molar-refractivity contribution in [3.63, 3.8) is 0 Å². The van der Waals surface area contributed by atoms with E-state index in [1.54, 1.807) is 33.4 Å². The molecule has 0 amide bonds. The van der Waals surface area contributed by atoms with Gasteiger partial charge in [0.05, 0.1) is 20.8 Å². The number of hydrogen-bond acceptors (Lipinski definition) is 4. The van der Waals surface area contributed by atoms with Crippen molar-refractivity contribution in [2.45, 2.75) is 19.6 Å². The quantitative estimate of drug-likeness (QED) is 0.549. The highest BCUT2D eigenvalue weighted by molar-refractivity contribution is 5.79. The Labute approximate surface area is 159 Å². The molecule has 0 aromatic heterocycles. The number of para-hydroxylation sites is 1. The van der Waals surface area contributed by atoms with Crippen molar-refractivity contribution in [3.05, 3.63) is 53.8 Å². The van der Waals surface area contributed by atoms with Gasteiger partial charge in [-0.1, -0.05) is 12.1 Å². The highest BCUT2D eigenvalue weighted by Crippen LogP contribution is 2.30. The van der Waals surface area contributed by atoms with Gasteiger partial charge in [0.15, 0.2) is 17.5 Å². The SMILES string of the molecule is CN=C(NCc1cccc(OC)c1OC)NCC(C)Oc1ccc(F)cc1. The molecule has 2 aromatic rings. The summed E-state index contributed by atoms with van der Waals surface area (Å²) < 4.78 is 29.4. The second-order valence-electron chi connectivity index (χ2n) is 5.84. The van der Waals surface area contributed by atoms with Gasteiger partial charge in [-0.2, -0.15) is 0 Å². The van der Waals surface area contributed by atoms with Crippen LogP contribution in [-0.4, -0.2) is 39.9 Å². The molecule has 2 N–H and O–H groups in total. The van der Waals surface area contributed by atoms with Crippen LogP contribution in [0.5, 0.6) is 17.2 Å². The average Bonchev–Trinajstić information content (AvgIpc) is 2.69. The summed E-state index contributed by atoms with van der Waals surface area (Å²) in [6.07, 6.45) is -0.125. The Kier molecular flexibility index (Phi) is 7.73. The van der Waals surface area contributed by atoms with Crippen molar-refractivity contribution in [1.82, 2.24) is 10.6 Å². The summed E-state index contributed by atoms with van der Waals surface area (Å²) in [5.41, 5.74) is 0.954. The normalized spacial score (nSPS) is 12.3. The number of rotatable bonds is 8. The maximum Gasteiger partial charge on any atom is 0.191 e. The maximum absolute atomic E-state index is 12.9. The fourth-order valence-corrected chi connectivity index (χ4v) is 2.52. The molecule has 27 heavy (non-hydrogen) atoms. The topological polar surface area (TPSA) is 64.1 Å². The van der Waals surface area contributed by atoms with E-state index in [0.29, 0.717) is 36.3 Å². The van der Waals surface area contributed by atoms with Crippen LogP contribution in [0.15, 0.2) is 47.5 Å². The van der Waals surface area contributed by atoms with Crippen molar-refractivity contribution in [3.8, 4) is 17.2 Å². The standard InChI is InChI=1S/C20H26FN3O3/c1-14(27-17-10-8-16(21)9-11-17)12-23-20(22-2)24-13-15-6-5-7-18(25-3)19(15)26-4/h5-11,14H,12-13H2,1-4H3,(H2,22,23,24). The van der Waals surface area contributed by atoms with Crippen LogP contribution in [-0.2, 0) is 6.54 Å². The summed E-state index contributed by atoms with van der Waals surface area (Å²) in [5, 5.41) is 6.44. The van der Waals surface area contributed by atoms with Crippen LogP contribution in [0.25, 0.3) is 0 Å². The summed E-state index contributed by atoms with van der Waals surface area (Å²) in [7, 11) is 4.92. The molecule has 1 unspecified atom stereocenters. The summed E-state index contributed by atoms with van der Waals surface area (Å²) >= 11 is 0. The van der Waals surface area contributed by atoms with Crippen molar-refractivity contribution < 1.29 is 18.6 Å². The molecule has 2 rings (SSSR count). The molecule has 0 saturated carbocycles. The zero-order valence-electron chi connectivity index (χ0n) is 16.1. The molecule has 6 nitrogen and oxygen atoms in total. The number of nitrogens with zero attached hydrogens (tertiary/aromatic N) is 1. The van der Waals surface area contributed by atoms with E-state index in [0.717, 1.165) is 5.56 Å². The second kappa shape index (κ2) is 10.3. The zero-order valence-corrected chi connectivity index (χ0v) is 16.1. The molecule has 2 aromatic carbocycles. The molecular formula is C20H26FN3O3. The molecule has 146 valence electrons. The van der Waals surface area contributed by atoms with E-state index >= 15 is 0 Å². The Balaban J connectivity index is 1.86. The molecule has 0 saturated heterocycles. The minimum absolute atomic E-state index is 0.125. The van der Waals surface area contributed by atoms with Crippen LogP contribution >= 0.6 is 0 Å². The lowest BCUT2D eigenvalue weighted by Gasteiger charge is -2.18. The van der Waals surface area contributed by atoms with Crippen LogP contribution in [0, 0.1) is 5.82 Å².